The minimum atomic E-state index is 0.543. The third kappa shape index (κ3) is 2.95. The van der Waals surface area contributed by atoms with Crippen molar-refractivity contribution in [2.24, 2.45) is 0 Å². The fourth-order valence-electron chi connectivity index (χ4n) is 3.19. The lowest BCUT2D eigenvalue weighted by molar-refractivity contribution is 0.306. The molecule has 1 aliphatic heterocycles. The van der Waals surface area contributed by atoms with Gasteiger partial charge in [-0.1, -0.05) is 52.0 Å². The normalized spacial score (nSPS) is 19.1. The molecule has 0 saturated carbocycles. The largest absolute Gasteiger partial charge is 0.317 e. The van der Waals surface area contributed by atoms with Crippen LogP contribution in [0.4, 0.5) is 0 Å². The van der Waals surface area contributed by atoms with Crippen LogP contribution in [0.1, 0.15) is 58.1 Å². The maximum Gasteiger partial charge on any atom is -0.00170 e. The van der Waals surface area contributed by atoms with Crippen molar-refractivity contribution in [1.29, 1.82) is 0 Å². The first-order valence-electron chi connectivity index (χ1n) is 7.70. The summed E-state index contributed by atoms with van der Waals surface area (Å²) in [5.74, 6) is 0. The fraction of sp³-hybridized carbons (Fsp3) is 0.647. The third-order valence-corrected chi connectivity index (χ3v) is 4.02. The Morgan fingerprint density at radius 2 is 1.50 bits per heavy atom. The highest BCUT2D eigenvalue weighted by atomic mass is 14.9. The Labute approximate surface area is 113 Å². The molecule has 1 aromatic rings. The van der Waals surface area contributed by atoms with E-state index in [1.165, 1.54) is 38.8 Å². The van der Waals surface area contributed by atoms with Gasteiger partial charge < -0.3 is 5.32 Å². The average Bonchev–Trinajstić information content (AvgIpc) is 2.83. The fourth-order valence-corrected chi connectivity index (χ4v) is 3.19. The molecule has 0 amide bonds. The summed E-state index contributed by atoms with van der Waals surface area (Å²) in [6, 6.07) is 9.05. The smallest absolute Gasteiger partial charge is 0.00170 e. The van der Waals surface area contributed by atoms with E-state index in [-0.39, 0.29) is 0 Å². The first-order valence-corrected chi connectivity index (χ1v) is 7.70. The summed E-state index contributed by atoms with van der Waals surface area (Å²) < 4.78 is 0. The predicted molar refractivity (Wildman–Crippen MR) is 81.2 cm³/mol. The molecular formula is C17H29N. The van der Waals surface area contributed by atoms with Crippen LogP contribution in [0, 0.1) is 0 Å². The monoisotopic (exact) mass is 247 g/mol. The van der Waals surface area contributed by atoms with Gasteiger partial charge in [-0.3, -0.25) is 0 Å². The van der Waals surface area contributed by atoms with Crippen LogP contribution in [0.15, 0.2) is 24.3 Å². The van der Waals surface area contributed by atoms with E-state index >= 15 is 0 Å². The summed E-state index contributed by atoms with van der Waals surface area (Å²) in [5.41, 5.74) is 3.80. The molecule has 0 aromatic heterocycles. The van der Waals surface area contributed by atoms with Crippen LogP contribution in [0.25, 0.3) is 0 Å². The molecule has 1 nitrogen and oxygen atoms in total. The lowest BCUT2D eigenvalue weighted by Gasteiger charge is -2.34. The van der Waals surface area contributed by atoms with Gasteiger partial charge in [0.15, 0.2) is 0 Å². The number of aryl methyl sites for hydroxylation is 1. The summed E-state index contributed by atoms with van der Waals surface area (Å²) >= 11 is 0. The standard InChI is InChI=1S/C13H17N.2C2H6/c1-2-4-12-11(3-1)5-6-13(12)7-9-14-10-8-13;2*1-2/h1-4,14H,5-10H2;2*1-2H3. The van der Waals surface area contributed by atoms with Crippen molar-refractivity contribution in [2.45, 2.75) is 58.8 Å². The summed E-state index contributed by atoms with van der Waals surface area (Å²) in [4.78, 5) is 0. The van der Waals surface area contributed by atoms with Gasteiger partial charge in [-0.15, -0.1) is 0 Å². The molecule has 0 radical (unpaired) electrons. The Morgan fingerprint density at radius 3 is 2.17 bits per heavy atom. The van der Waals surface area contributed by atoms with Crippen molar-refractivity contribution in [3.63, 3.8) is 0 Å². The summed E-state index contributed by atoms with van der Waals surface area (Å²) in [6.45, 7) is 10.4. The molecule has 0 atom stereocenters. The van der Waals surface area contributed by atoms with Gasteiger partial charge in [0.2, 0.25) is 0 Å². The Morgan fingerprint density at radius 1 is 0.889 bits per heavy atom. The zero-order chi connectivity index (χ0) is 13.4. The number of fused-ring (bicyclic) bond motifs is 2. The van der Waals surface area contributed by atoms with Crippen molar-refractivity contribution >= 4 is 0 Å². The zero-order valence-corrected chi connectivity index (χ0v) is 12.6. The molecule has 1 fully saturated rings. The van der Waals surface area contributed by atoms with E-state index in [9.17, 15) is 0 Å². The lowest BCUT2D eigenvalue weighted by Crippen LogP contribution is -2.38. The summed E-state index contributed by atoms with van der Waals surface area (Å²) in [6.07, 6.45) is 5.36. The molecule has 1 heteroatoms. The molecular weight excluding hydrogens is 218 g/mol. The van der Waals surface area contributed by atoms with E-state index < -0.39 is 0 Å². The second-order valence-corrected chi connectivity index (χ2v) is 4.69. The van der Waals surface area contributed by atoms with E-state index in [4.69, 9.17) is 0 Å². The van der Waals surface area contributed by atoms with Crippen LogP contribution in [-0.4, -0.2) is 13.1 Å². The summed E-state index contributed by atoms with van der Waals surface area (Å²) in [7, 11) is 0. The molecule has 0 unspecified atom stereocenters. The second kappa shape index (κ2) is 7.58. The maximum absolute atomic E-state index is 3.47. The Kier molecular flexibility index (Phi) is 6.42. The van der Waals surface area contributed by atoms with Gasteiger partial charge >= 0.3 is 0 Å². The SMILES string of the molecule is CC.CC.c1ccc2c(c1)CCC21CCNCC1. The Balaban J connectivity index is 0.000000371. The number of hydrogen-bond donors (Lipinski definition) is 1. The lowest BCUT2D eigenvalue weighted by atomic mass is 9.74. The van der Waals surface area contributed by atoms with Crippen molar-refractivity contribution in [3.8, 4) is 0 Å². The van der Waals surface area contributed by atoms with E-state index in [0.717, 1.165) is 0 Å². The summed E-state index contributed by atoms with van der Waals surface area (Å²) in [5, 5.41) is 3.47. The molecule has 2 aliphatic rings. The van der Waals surface area contributed by atoms with Crippen LogP contribution in [0.5, 0.6) is 0 Å². The number of hydrogen-bond acceptors (Lipinski definition) is 1. The Bertz CT molecular complexity index is 332. The van der Waals surface area contributed by atoms with E-state index in [2.05, 4.69) is 29.6 Å². The highest BCUT2D eigenvalue weighted by molar-refractivity contribution is 5.39. The predicted octanol–water partition coefficient (Wildman–Crippen LogP) is 4.31. The van der Waals surface area contributed by atoms with Crippen LogP contribution < -0.4 is 5.32 Å². The molecule has 1 saturated heterocycles. The van der Waals surface area contributed by atoms with Gasteiger partial charge in [-0.05, 0) is 55.3 Å². The third-order valence-electron chi connectivity index (χ3n) is 4.02. The second-order valence-electron chi connectivity index (χ2n) is 4.69. The molecule has 102 valence electrons. The number of nitrogens with one attached hydrogen (secondary N) is 1. The van der Waals surface area contributed by atoms with Crippen LogP contribution in [0.3, 0.4) is 0 Å². The minimum Gasteiger partial charge on any atom is -0.317 e. The number of piperidine rings is 1. The van der Waals surface area contributed by atoms with Crippen LogP contribution in [-0.2, 0) is 11.8 Å². The number of benzene rings is 1. The topological polar surface area (TPSA) is 12.0 Å². The quantitative estimate of drug-likeness (QED) is 0.720. The van der Waals surface area contributed by atoms with Gasteiger partial charge in [0.05, 0.1) is 0 Å². The number of rotatable bonds is 0. The van der Waals surface area contributed by atoms with Gasteiger partial charge in [0.25, 0.3) is 0 Å². The van der Waals surface area contributed by atoms with Crippen molar-refractivity contribution in [1.82, 2.24) is 5.32 Å². The van der Waals surface area contributed by atoms with E-state index in [0.29, 0.717) is 5.41 Å². The van der Waals surface area contributed by atoms with Crippen molar-refractivity contribution < 1.29 is 0 Å². The maximum atomic E-state index is 3.47. The van der Waals surface area contributed by atoms with Crippen molar-refractivity contribution in [2.75, 3.05) is 13.1 Å². The molecule has 0 bridgehead atoms. The average molecular weight is 247 g/mol. The highest BCUT2D eigenvalue weighted by Crippen LogP contribution is 2.44. The van der Waals surface area contributed by atoms with Crippen molar-refractivity contribution in [3.05, 3.63) is 35.4 Å². The van der Waals surface area contributed by atoms with Gasteiger partial charge in [0.1, 0.15) is 0 Å². The molecule has 3 rings (SSSR count). The molecule has 18 heavy (non-hydrogen) atoms. The molecule has 1 aliphatic carbocycles. The first-order chi connectivity index (χ1) is 8.91. The van der Waals surface area contributed by atoms with Crippen LogP contribution >= 0.6 is 0 Å². The molecule has 1 N–H and O–H groups in total. The van der Waals surface area contributed by atoms with Crippen LogP contribution in [0.2, 0.25) is 0 Å². The van der Waals surface area contributed by atoms with E-state index in [1.807, 2.05) is 27.7 Å². The minimum absolute atomic E-state index is 0.543. The van der Waals surface area contributed by atoms with Gasteiger partial charge in [-0.25, -0.2) is 0 Å². The van der Waals surface area contributed by atoms with Gasteiger partial charge in [0, 0.05) is 0 Å². The van der Waals surface area contributed by atoms with Gasteiger partial charge in [-0.2, -0.15) is 0 Å². The molecule has 1 aromatic carbocycles. The highest BCUT2D eigenvalue weighted by Gasteiger charge is 2.38. The Hall–Kier alpha value is -0.820. The van der Waals surface area contributed by atoms with E-state index in [1.54, 1.807) is 11.1 Å². The zero-order valence-electron chi connectivity index (χ0n) is 12.6. The molecule has 1 spiro atoms. The molecule has 1 heterocycles. The first kappa shape index (κ1) is 15.2.